The molecule has 0 spiro atoms. The molecule has 1 N–H and O–H groups in total. The molecule has 0 saturated carbocycles. The molecule has 1 aliphatic rings. The zero-order valence-electron chi connectivity index (χ0n) is 10.8. The molecule has 0 radical (unpaired) electrons. The first kappa shape index (κ1) is 13.8. The van der Waals surface area contributed by atoms with Crippen LogP contribution in [0.2, 0.25) is 0 Å². The summed E-state index contributed by atoms with van der Waals surface area (Å²) < 4.78 is 33.2. The van der Waals surface area contributed by atoms with Crippen LogP contribution in [0.5, 0.6) is 12.0 Å². The van der Waals surface area contributed by atoms with Crippen molar-refractivity contribution in [3.63, 3.8) is 0 Å². The highest BCUT2D eigenvalue weighted by Crippen LogP contribution is 2.20. The Bertz CT molecular complexity index is 526. The van der Waals surface area contributed by atoms with E-state index >= 15 is 0 Å². The summed E-state index contributed by atoms with van der Waals surface area (Å²) in [4.78, 5) is 11.8. The molecule has 8 nitrogen and oxygen atoms in total. The van der Waals surface area contributed by atoms with Crippen LogP contribution in [0.4, 0.5) is 5.95 Å². The van der Waals surface area contributed by atoms with Gasteiger partial charge in [0.25, 0.3) is 0 Å². The van der Waals surface area contributed by atoms with Gasteiger partial charge in [0.15, 0.2) is 9.84 Å². The number of hydrogen-bond acceptors (Lipinski definition) is 8. The van der Waals surface area contributed by atoms with E-state index in [4.69, 9.17) is 9.47 Å². The lowest BCUT2D eigenvalue weighted by molar-refractivity contribution is 0.341. The summed E-state index contributed by atoms with van der Waals surface area (Å²) in [5, 5.41) is 2.50. The fourth-order valence-corrected chi connectivity index (χ4v) is 3.66. The summed E-state index contributed by atoms with van der Waals surface area (Å²) >= 11 is 0. The SMILES string of the molecule is COc1nc(NCC2CCCS2(=O)=O)nc(OC)n1. The van der Waals surface area contributed by atoms with E-state index in [1.165, 1.54) is 14.2 Å². The first-order valence-corrected chi connectivity index (χ1v) is 7.56. The highest BCUT2D eigenvalue weighted by molar-refractivity contribution is 7.92. The monoisotopic (exact) mass is 288 g/mol. The van der Waals surface area contributed by atoms with Crippen molar-refractivity contribution in [1.29, 1.82) is 0 Å². The summed E-state index contributed by atoms with van der Waals surface area (Å²) in [5.74, 6) is 0.495. The van der Waals surface area contributed by atoms with E-state index in [0.717, 1.165) is 0 Å². The molecule has 106 valence electrons. The number of nitrogens with one attached hydrogen (secondary N) is 1. The molecular weight excluding hydrogens is 272 g/mol. The number of ether oxygens (including phenoxy) is 2. The first-order valence-electron chi connectivity index (χ1n) is 5.84. The zero-order valence-corrected chi connectivity index (χ0v) is 11.6. The Balaban J connectivity index is 2.07. The van der Waals surface area contributed by atoms with Gasteiger partial charge in [-0.05, 0) is 12.8 Å². The Kier molecular flexibility index (Phi) is 4.03. The van der Waals surface area contributed by atoms with Crippen LogP contribution in [0.1, 0.15) is 12.8 Å². The molecule has 2 rings (SSSR count). The van der Waals surface area contributed by atoms with E-state index in [0.29, 0.717) is 12.8 Å². The molecule has 19 heavy (non-hydrogen) atoms. The number of anilines is 1. The van der Waals surface area contributed by atoms with Crippen molar-refractivity contribution < 1.29 is 17.9 Å². The second-order valence-electron chi connectivity index (χ2n) is 4.14. The van der Waals surface area contributed by atoms with Gasteiger partial charge in [-0.15, -0.1) is 4.98 Å². The van der Waals surface area contributed by atoms with E-state index in [-0.39, 0.29) is 35.5 Å². The Morgan fingerprint density at radius 3 is 2.32 bits per heavy atom. The van der Waals surface area contributed by atoms with Gasteiger partial charge < -0.3 is 14.8 Å². The predicted octanol–water partition coefficient (Wildman–Crippen LogP) is -0.122. The summed E-state index contributed by atoms with van der Waals surface area (Å²) in [6, 6.07) is 0.229. The van der Waals surface area contributed by atoms with Crippen molar-refractivity contribution in [2.24, 2.45) is 0 Å². The summed E-state index contributed by atoms with van der Waals surface area (Å²) in [5.41, 5.74) is 0. The topological polar surface area (TPSA) is 103 Å². The Labute approximate surface area is 111 Å². The zero-order chi connectivity index (χ0) is 13.9. The molecule has 1 aliphatic heterocycles. The third kappa shape index (κ3) is 3.22. The van der Waals surface area contributed by atoms with Gasteiger partial charge in [0.2, 0.25) is 5.95 Å². The Morgan fingerprint density at radius 2 is 1.84 bits per heavy atom. The van der Waals surface area contributed by atoms with Crippen molar-refractivity contribution >= 4 is 15.8 Å². The average Bonchev–Trinajstić information content (AvgIpc) is 2.74. The second kappa shape index (κ2) is 5.55. The molecule has 0 bridgehead atoms. The number of hydrogen-bond donors (Lipinski definition) is 1. The predicted molar refractivity (Wildman–Crippen MR) is 68.2 cm³/mol. The molecule has 0 aliphatic carbocycles. The summed E-state index contributed by atoms with van der Waals surface area (Å²) in [6.45, 7) is 0.276. The van der Waals surface area contributed by atoms with Gasteiger partial charge in [0, 0.05) is 6.54 Å². The van der Waals surface area contributed by atoms with Crippen molar-refractivity contribution in [2.75, 3.05) is 31.8 Å². The van der Waals surface area contributed by atoms with Crippen LogP contribution in [0, 0.1) is 0 Å². The largest absolute Gasteiger partial charge is 0.467 e. The average molecular weight is 288 g/mol. The van der Waals surface area contributed by atoms with Crippen LogP contribution in [0.25, 0.3) is 0 Å². The van der Waals surface area contributed by atoms with Gasteiger partial charge >= 0.3 is 12.0 Å². The van der Waals surface area contributed by atoms with Gasteiger partial charge in [0.05, 0.1) is 25.2 Å². The molecule has 9 heteroatoms. The van der Waals surface area contributed by atoms with Gasteiger partial charge in [-0.3, -0.25) is 0 Å². The van der Waals surface area contributed by atoms with Crippen LogP contribution < -0.4 is 14.8 Å². The summed E-state index contributed by atoms with van der Waals surface area (Å²) in [6.07, 6.45) is 1.37. The number of nitrogens with zero attached hydrogens (tertiary/aromatic N) is 3. The minimum atomic E-state index is -2.98. The molecule has 2 heterocycles. The minimum absolute atomic E-state index is 0.114. The first-order chi connectivity index (χ1) is 9.05. The fourth-order valence-electron chi connectivity index (χ4n) is 1.89. The van der Waals surface area contributed by atoms with Gasteiger partial charge in [-0.2, -0.15) is 9.97 Å². The van der Waals surface area contributed by atoms with Crippen molar-refractivity contribution in [2.45, 2.75) is 18.1 Å². The van der Waals surface area contributed by atoms with E-state index in [9.17, 15) is 8.42 Å². The van der Waals surface area contributed by atoms with Crippen LogP contribution in [0.3, 0.4) is 0 Å². The molecular formula is C10H16N4O4S. The number of rotatable bonds is 5. The van der Waals surface area contributed by atoms with Crippen molar-refractivity contribution in [3.05, 3.63) is 0 Å². The number of methoxy groups -OCH3 is 2. The number of sulfone groups is 1. The van der Waals surface area contributed by atoms with E-state index in [1.807, 2.05) is 0 Å². The van der Waals surface area contributed by atoms with Crippen LogP contribution >= 0.6 is 0 Å². The number of aromatic nitrogens is 3. The van der Waals surface area contributed by atoms with Crippen LogP contribution in [-0.4, -0.2) is 55.1 Å². The van der Waals surface area contributed by atoms with E-state index in [1.54, 1.807) is 0 Å². The molecule has 0 aromatic carbocycles. The highest BCUT2D eigenvalue weighted by Gasteiger charge is 2.31. The Morgan fingerprint density at radius 1 is 1.21 bits per heavy atom. The molecule has 1 atom stereocenters. The molecule has 1 fully saturated rings. The molecule has 0 amide bonds. The highest BCUT2D eigenvalue weighted by atomic mass is 32.2. The third-order valence-electron chi connectivity index (χ3n) is 2.91. The minimum Gasteiger partial charge on any atom is -0.467 e. The normalized spacial score (nSPS) is 21.1. The quantitative estimate of drug-likeness (QED) is 0.799. The molecule has 1 saturated heterocycles. The van der Waals surface area contributed by atoms with Crippen molar-refractivity contribution in [1.82, 2.24) is 15.0 Å². The molecule has 1 unspecified atom stereocenters. The maximum atomic E-state index is 11.7. The van der Waals surface area contributed by atoms with Gasteiger partial charge in [-0.1, -0.05) is 0 Å². The standard InChI is InChI=1S/C10H16N4O4S/c1-17-9-12-8(13-10(14-9)18-2)11-6-7-4-3-5-19(7,15)16/h7H,3-6H2,1-2H3,(H,11,12,13,14). The second-order valence-corrected chi connectivity index (χ2v) is 6.55. The van der Waals surface area contributed by atoms with E-state index in [2.05, 4.69) is 20.3 Å². The lowest BCUT2D eigenvalue weighted by Crippen LogP contribution is -2.25. The summed E-state index contributed by atoms with van der Waals surface area (Å²) in [7, 11) is -0.124. The molecule has 1 aromatic heterocycles. The fraction of sp³-hybridized carbons (Fsp3) is 0.700. The van der Waals surface area contributed by atoms with E-state index < -0.39 is 9.84 Å². The lowest BCUT2D eigenvalue weighted by atomic mass is 10.2. The van der Waals surface area contributed by atoms with Crippen LogP contribution in [-0.2, 0) is 9.84 Å². The third-order valence-corrected chi connectivity index (χ3v) is 5.19. The maximum absolute atomic E-state index is 11.7. The lowest BCUT2D eigenvalue weighted by Gasteiger charge is -2.11. The molecule has 1 aromatic rings. The smallest absolute Gasteiger partial charge is 0.324 e. The van der Waals surface area contributed by atoms with Gasteiger partial charge in [-0.25, -0.2) is 8.42 Å². The Hall–Kier alpha value is -1.64. The van der Waals surface area contributed by atoms with Crippen molar-refractivity contribution in [3.8, 4) is 12.0 Å². The van der Waals surface area contributed by atoms with Gasteiger partial charge in [0.1, 0.15) is 0 Å². The van der Waals surface area contributed by atoms with Crippen LogP contribution in [0.15, 0.2) is 0 Å². The maximum Gasteiger partial charge on any atom is 0.324 e.